The van der Waals surface area contributed by atoms with E-state index in [0.717, 1.165) is 12.8 Å². The maximum atomic E-state index is 13.5. The van der Waals surface area contributed by atoms with Crippen LogP contribution in [-0.2, 0) is 38.2 Å². The van der Waals surface area contributed by atoms with Gasteiger partial charge in [0.15, 0.2) is 0 Å². The van der Waals surface area contributed by atoms with E-state index in [-0.39, 0.29) is 36.0 Å². The second-order valence-corrected chi connectivity index (χ2v) is 11.1. The molecule has 0 bridgehead atoms. The fourth-order valence-electron chi connectivity index (χ4n) is 4.30. The molecule has 1 aromatic heterocycles. The second-order valence-electron chi connectivity index (χ2n) is 8.75. The zero-order chi connectivity index (χ0) is 25.5. The summed E-state index contributed by atoms with van der Waals surface area (Å²) in [7, 11) is -2.18. The molecule has 1 atom stereocenters. The molecule has 2 aromatic carbocycles. The van der Waals surface area contributed by atoms with E-state index in [9.17, 15) is 13.2 Å². The van der Waals surface area contributed by atoms with Crippen LogP contribution in [-0.4, -0.2) is 61.7 Å². The Labute approximate surface area is 216 Å². The molecule has 10 heteroatoms. The van der Waals surface area contributed by atoms with Crippen LogP contribution in [0, 0.1) is 0 Å². The summed E-state index contributed by atoms with van der Waals surface area (Å²) in [6.07, 6.45) is 3.25. The van der Waals surface area contributed by atoms with Gasteiger partial charge in [-0.25, -0.2) is 13.4 Å². The van der Waals surface area contributed by atoms with Gasteiger partial charge in [0.2, 0.25) is 15.0 Å². The van der Waals surface area contributed by atoms with Crippen LogP contribution >= 0.6 is 11.6 Å². The van der Waals surface area contributed by atoms with Gasteiger partial charge in [0.05, 0.1) is 36.9 Å². The number of nitrogens with zero attached hydrogens (tertiary/aromatic N) is 3. The van der Waals surface area contributed by atoms with Crippen molar-refractivity contribution in [3.63, 3.8) is 0 Å². The van der Waals surface area contributed by atoms with Crippen molar-refractivity contribution in [1.29, 1.82) is 0 Å². The first kappa shape index (κ1) is 26.3. The van der Waals surface area contributed by atoms with E-state index in [4.69, 9.17) is 21.1 Å². The third-order valence-corrected chi connectivity index (χ3v) is 7.89. The molecular formula is C26H30ClN3O5S. The molecule has 0 unspecified atom stereocenters. The van der Waals surface area contributed by atoms with Gasteiger partial charge < -0.3 is 18.9 Å². The number of rotatable bonds is 11. The molecule has 2 heterocycles. The summed E-state index contributed by atoms with van der Waals surface area (Å²) in [6, 6.07) is 15.8. The molecule has 1 fully saturated rings. The number of sulfone groups is 1. The number of aromatic nitrogens is 2. The van der Waals surface area contributed by atoms with Gasteiger partial charge in [-0.15, -0.1) is 0 Å². The maximum absolute atomic E-state index is 13.5. The number of imidazole rings is 1. The zero-order valence-corrected chi connectivity index (χ0v) is 21.7. The second kappa shape index (κ2) is 12.0. The molecule has 1 saturated heterocycles. The van der Waals surface area contributed by atoms with Gasteiger partial charge in [-0.3, -0.25) is 4.79 Å². The number of halogens is 1. The largest absolute Gasteiger partial charge is 0.383 e. The van der Waals surface area contributed by atoms with Crippen LogP contribution in [0.25, 0.3) is 0 Å². The molecule has 36 heavy (non-hydrogen) atoms. The van der Waals surface area contributed by atoms with E-state index in [1.54, 1.807) is 65.1 Å². The number of hydrogen-bond acceptors (Lipinski definition) is 6. The number of methoxy groups -OCH3 is 1. The summed E-state index contributed by atoms with van der Waals surface area (Å²) in [4.78, 5) is 19.5. The van der Waals surface area contributed by atoms with Crippen molar-refractivity contribution < 1.29 is 22.7 Å². The molecular weight excluding hydrogens is 502 g/mol. The summed E-state index contributed by atoms with van der Waals surface area (Å²) < 4.78 is 39.3. The first-order chi connectivity index (χ1) is 17.4. The topological polar surface area (TPSA) is 90.7 Å². The lowest BCUT2D eigenvalue weighted by molar-refractivity contribution is 0.0500. The summed E-state index contributed by atoms with van der Waals surface area (Å²) in [5.74, 6) is -0.376. The van der Waals surface area contributed by atoms with Crippen LogP contribution in [0.4, 0.5) is 0 Å². The fourth-order valence-corrected chi connectivity index (χ4v) is 6.01. The van der Waals surface area contributed by atoms with Crippen LogP contribution in [0.15, 0.2) is 66.0 Å². The minimum absolute atomic E-state index is 0.0364. The molecule has 1 aliphatic rings. The highest BCUT2D eigenvalue weighted by atomic mass is 35.5. The predicted molar refractivity (Wildman–Crippen MR) is 137 cm³/mol. The highest BCUT2D eigenvalue weighted by molar-refractivity contribution is 7.90. The number of ether oxygens (including phenoxy) is 2. The van der Waals surface area contributed by atoms with Crippen LogP contribution in [0.2, 0.25) is 5.02 Å². The Hall–Kier alpha value is -2.72. The van der Waals surface area contributed by atoms with Crippen molar-refractivity contribution in [2.75, 3.05) is 26.9 Å². The quantitative estimate of drug-likeness (QED) is 0.372. The Bertz CT molecular complexity index is 1270. The lowest BCUT2D eigenvalue weighted by Crippen LogP contribution is -2.37. The minimum Gasteiger partial charge on any atom is -0.383 e. The number of hydrogen-bond donors (Lipinski definition) is 0. The number of amides is 1. The first-order valence-electron chi connectivity index (χ1n) is 11.8. The van der Waals surface area contributed by atoms with Crippen molar-refractivity contribution in [3.05, 3.63) is 82.6 Å². The zero-order valence-electron chi connectivity index (χ0n) is 20.2. The Morgan fingerprint density at radius 1 is 1.22 bits per heavy atom. The Morgan fingerprint density at radius 2 is 2.03 bits per heavy atom. The lowest BCUT2D eigenvalue weighted by Gasteiger charge is -2.26. The third kappa shape index (κ3) is 6.53. The molecule has 0 radical (unpaired) electrons. The lowest BCUT2D eigenvalue weighted by atomic mass is 10.1. The van der Waals surface area contributed by atoms with Crippen LogP contribution < -0.4 is 0 Å². The summed E-state index contributed by atoms with van der Waals surface area (Å²) in [5.41, 5.74) is 1.74. The third-order valence-electron chi connectivity index (χ3n) is 6.06. The highest BCUT2D eigenvalue weighted by Crippen LogP contribution is 2.22. The molecule has 4 rings (SSSR count). The van der Waals surface area contributed by atoms with Gasteiger partial charge in [-0.05, 0) is 36.6 Å². The van der Waals surface area contributed by atoms with Crippen molar-refractivity contribution in [2.24, 2.45) is 0 Å². The van der Waals surface area contributed by atoms with Crippen molar-refractivity contribution in [2.45, 2.75) is 42.9 Å². The van der Waals surface area contributed by atoms with Crippen molar-refractivity contribution in [1.82, 2.24) is 14.5 Å². The summed E-state index contributed by atoms with van der Waals surface area (Å²) in [6.45, 7) is 1.80. The Kier molecular flexibility index (Phi) is 8.79. The monoisotopic (exact) mass is 531 g/mol. The standard InChI is InChI=1S/C26H30ClN3O5S/c1-34-14-12-30-23(16-28-26(30)36(32,33)19-20-7-3-2-4-8-20)17-29(18-24-11-6-13-35-24)25(31)21-9-5-10-22(27)15-21/h2-5,7-10,15-16,24H,6,11-14,17-19H2,1H3/t24-/m1/s1. The van der Waals surface area contributed by atoms with E-state index in [1.807, 2.05) is 6.07 Å². The van der Waals surface area contributed by atoms with Gasteiger partial charge in [-0.2, -0.15) is 0 Å². The Morgan fingerprint density at radius 3 is 2.72 bits per heavy atom. The SMILES string of the molecule is COCCn1c(CN(C[C@H]2CCCO2)C(=O)c2cccc(Cl)c2)cnc1S(=O)(=O)Cc1ccccc1. The maximum Gasteiger partial charge on any atom is 0.254 e. The summed E-state index contributed by atoms with van der Waals surface area (Å²) >= 11 is 6.14. The van der Waals surface area contributed by atoms with Gasteiger partial charge >= 0.3 is 0 Å². The van der Waals surface area contributed by atoms with Crippen molar-refractivity contribution >= 4 is 27.3 Å². The molecule has 3 aromatic rings. The number of carbonyl (C=O) groups excluding carboxylic acids is 1. The van der Waals surface area contributed by atoms with Gasteiger partial charge in [-0.1, -0.05) is 48.0 Å². The van der Waals surface area contributed by atoms with Crippen LogP contribution in [0.5, 0.6) is 0 Å². The van der Waals surface area contributed by atoms with E-state index in [1.165, 1.54) is 6.20 Å². The van der Waals surface area contributed by atoms with E-state index in [0.29, 0.717) is 41.6 Å². The molecule has 0 N–H and O–H groups in total. The first-order valence-corrected chi connectivity index (χ1v) is 13.9. The summed E-state index contributed by atoms with van der Waals surface area (Å²) in [5, 5.41) is 0.433. The molecule has 1 amide bonds. The van der Waals surface area contributed by atoms with E-state index in [2.05, 4.69) is 4.98 Å². The minimum atomic E-state index is -3.74. The van der Waals surface area contributed by atoms with E-state index < -0.39 is 9.84 Å². The normalized spacial score (nSPS) is 15.8. The molecule has 0 spiro atoms. The van der Waals surface area contributed by atoms with Gasteiger partial charge in [0.25, 0.3) is 5.91 Å². The smallest absolute Gasteiger partial charge is 0.254 e. The average Bonchev–Trinajstić information content (AvgIpc) is 3.52. The van der Waals surface area contributed by atoms with Crippen molar-refractivity contribution in [3.8, 4) is 0 Å². The highest BCUT2D eigenvalue weighted by Gasteiger charge is 2.28. The fraction of sp³-hybridized carbons (Fsp3) is 0.385. The molecule has 0 saturated carbocycles. The van der Waals surface area contributed by atoms with Gasteiger partial charge in [0.1, 0.15) is 0 Å². The number of benzene rings is 2. The van der Waals surface area contributed by atoms with Crippen LogP contribution in [0.1, 0.15) is 34.5 Å². The molecule has 8 nitrogen and oxygen atoms in total. The van der Waals surface area contributed by atoms with Gasteiger partial charge in [0, 0.05) is 37.4 Å². The Balaban J connectivity index is 1.65. The number of carbonyl (C=O) groups is 1. The molecule has 1 aliphatic heterocycles. The average molecular weight is 532 g/mol. The molecule has 192 valence electrons. The van der Waals surface area contributed by atoms with Crippen LogP contribution in [0.3, 0.4) is 0 Å². The predicted octanol–water partition coefficient (Wildman–Crippen LogP) is 3.98. The van der Waals surface area contributed by atoms with E-state index >= 15 is 0 Å². The molecule has 0 aliphatic carbocycles.